The molecule has 1 unspecified atom stereocenters. The quantitative estimate of drug-likeness (QED) is 0.869. The standard InChI is InChI=1S/C14H23N5/c1-2-12-13(15)16-10-17-14(12)19-8-4-7-18-6-3-5-11(18)9-19/h10-11H,2-9H2,1H3,(H2,15,16,17). The Kier molecular flexibility index (Phi) is 3.55. The minimum absolute atomic E-state index is 0.639. The third-order valence-corrected chi connectivity index (χ3v) is 4.41. The molecule has 2 aliphatic rings. The summed E-state index contributed by atoms with van der Waals surface area (Å²) in [7, 11) is 0. The van der Waals surface area contributed by atoms with Crippen molar-refractivity contribution in [2.75, 3.05) is 36.8 Å². The third-order valence-electron chi connectivity index (χ3n) is 4.41. The molecule has 0 amide bonds. The van der Waals surface area contributed by atoms with Gasteiger partial charge in [-0.1, -0.05) is 6.92 Å². The molecule has 0 saturated carbocycles. The van der Waals surface area contributed by atoms with Crippen molar-refractivity contribution in [1.82, 2.24) is 14.9 Å². The molecule has 19 heavy (non-hydrogen) atoms. The monoisotopic (exact) mass is 261 g/mol. The maximum absolute atomic E-state index is 6.00. The molecule has 5 nitrogen and oxygen atoms in total. The second kappa shape index (κ2) is 5.33. The van der Waals surface area contributed by atoms with Crippen molar-refractivity contribution in [2.45, 2.75) is 38.6 Å². The highest BCUT2D eigenvalue weighted by atomic mass is 15.3. The van der Waals surface area contributed by atoms with Crippen LogP contribution in [0, 0.1) is 0 Å². The van der Waals surface area contributed by atoms with Gasteiger partial charge in [0.1, 0.15) is 18.0 Å². The Morgan fingerprint density at radius 2 is 2.11 bits per heavy atom. The molecule has 1 aromatic rings. The van der Waals surface area contributed by atoms with E-state index in [0.29, 0.717) is 11.9 Å². The van der Waals surface area contributed by atoms with E-state index in [0.717, 1.165) is 30.9 Å². The van der Waals surface area contributed by atoms with Crippen LogP contribution in [0.3, 0.4) is 0 Å². The molecule has 104 valence electrons. The van der Waals surface area contributed by atoms with E-state index >= 15 is 0 Å². The van der Waals surface area contributed by atoms with Crippen molar-refractivity contribution in [2.24, 2.45) is 0 Å². The van der Waals surface area contributed by atoms with Gasteiger partial charge >= 0.3 is 0 Å². The Morgan fingerprint density at radius 3 is 2.95 bits per heavy atom. The van der Waals surface area contributed by atoms with Crippen molar-refractivity contribution in [3.8, 4) is 0 Å². The lowest BCUT2D eigenvalue weighted by atomic mass is 10.1. The van der Waals surface area contributed by atoms with E-state index in [2.05, 4.69) is 26.7 Å². The first-order chi connectivity index (χ1) is 9.29. The zero-order valence-electron chi connectivity index (χ0n) is 11.7. The van der Waals surface area contributed by atoms with E-state index in [1.54, 1.807) is 6.33 Å². The van der Waals surface area contributed by atoms with E-state index in [4.69, 9.17) is 5.73 Å². The van der Waals surface area contributed by atoms with Gasteiger partial charge in [0, 0.05) is 31.2 Å². The number of anilines is 2. The Bertz CT molecular complexity index is 447. The van der Waals surface area contributed by atoms with E-state index in [-0.39, 0.29) is 0 Å². The van der Waals surface area contributed by atoms with Crippen LogP contribution >= 0.6 is 0 Å². The van der Waals surface area contributed by atoms with Gasteiger partial charge in [-0.05, 0) is 32.2 Å². The highest BCUT2D eigenvalue weighted by Gasteiger charge is 2.30. The molecule has 1 aromatic heterocycles. The molecule has 0 spiro atoms. The smallest absolute Gasteiger partial charge is 0.137 e. The molecule has 1 atom stereocenters. The molecule has 0 aliphatic carbocycles. The minimum atomic E-state index is 0.639. The molecule has 3 rings (SSSR count). The topological polar surface area (TPSA) is 58.3 Å². The fourth-order valence-corrected chi connectivity index (χ4v) is 3.43. The lowest BCUT2D eigenvalue weighted by Crippen LogP contribution is -2.37. The summed E-state index contributed by atoms with van der Waals surface area (Å²) in [5, 5.41) is 0. The van der Waals surface area contributed by atoms with Crippen molar-refractivity contribution >= 4 is 11.6 Å². The summed E-state index contributed by atoms with van der Waals surface area (Å²) in [6.45, 7) is 6.78. The highest BCUT2D eigenvalue weighted by molar-refractivity contribution is 5.56. The summed E-state index contributed by atoms with van der Waals surface area (Å²) in [6, 6.07) is 0.698. The fourth-order valence-electron chi connectivity index (χ4n) is 3.43. The summed E-state index contributed by atoms with van der Waals surface area (Å²) < 4.78 is 0. The number of hydrogen-bond donors (Lipinski definition) is 1. The second-order valence-corrected chi connectivity index (χ2v) is 5.55. The van der Waals surface area contributed by atoms with Gasteiger partial charge in [-0.25, -0.2) is 9.97 Å². The SMILES string of the molecule is CCc1c(N)ncnc1N1CCCN2CCCC2C1. The number of fused-ring (bicyclic) bond motifs is 1. The van der Waals surface area contributed by atoms with E-state index in [9.17, 15) is 0 Å². The Balaban J connectivity index is 1.87. The number of nitrogen functional groups attached to an aromatic ring is 1. The van der Waals surface area contributed by atoms with Gasteiger partial charge in [0.2, 0.25) is 0 Å². The number of nitrogens with two attached hydrogens (primary N) is 1. The first-order valence-corrected chi connectivity index (χ1v) is 7.38. The minimum Gasteiger partial charge on any atom is -0.383 e. The van der Waals surface area contributed by atoms with E-state index < -0.39 is 0 Å². The number of rotatable bonds is 2. The van der Waals surface area contributed by atoms with Crippen LogP contribution in [0.15, 0.2) is 6.33 Å². The molecule has 2 aliphatic heterocycles. The number of aromatic nitrogens is 2. The summed E-state index contributed by atoms with van der Waals surface area (Å²) in [5.41, 5.74) is 7.10. The predicted octanol–water partition coefficient (Wildman–Crippen LogP) is 1.30. The van der Waals surface area contributed by atoms with Gasteiger partial charge in [0.15, 0.2) is 0 Å². The molecule has 3 heterocycles. The van der Waals surface area contributed by atoms with Crippen molar-refractivity contribution in [1.29, 1.82) is 0 Å². The maximum Gasteiger partial charge on any atom is 0.137 e. The van der Waals surface area contributed by atoms with Crippen LogP contribution in [-0.2, 0) is 6.42 Å². The van der Waals surface area contributed by atoms with Gasteiger partial charge < -0.3 is 10.6 Å². The average molecular weight is 261 g/mol. The van der Waals surface area contributed by atoms with Gasteiger partial charge in [0.25, 0.3) is 0 Å². The van der Waals surface area contributed by atoms with Crippen LogP contribution in [0.5, 0.6) is 0 Å². The predicted molar refractivity (Wildman–Crippen MR) is 77.2 cm³/mol. The van der Waals surface area contributed by atoms with E-state index in [1.807, 2.05) is 0 Å². The van der Waals surface area contributed by atoms with Gasteiger partial charge in [0.05, 0.1) is 0 Å². The average Bonchev–Trinajstić information content (AvgIpc) is 2.76. The van der Waals surface area contributed by atoms with Crippen LogP contribution in [0.25, 0.3) is 0 Å². The lowest BCUT2D eigenvalue weighted by Gasteiger charge is -2.28. The molecule has 5 heteroatoms. The van der Waals surface area contributed by atoms with Gasteiger partial charge in [-0.15, -0.1) is 0 Å². The zero-order valence-corrected chi connectivity index (χ0v) is 11.7. The zero-order chi connectivity index (χ0) is 13.2. The van der Waals surface area contributed by atoms with Crippen LogP contribution in [0.4, 0.5) is 11.6 Å². The molecule has 0 aromatic carbocycles. The molecule has 0 bridgehead atoms. The maximum atomic E-state index is 6.00. The second-order valence-electron chi connectivity index (χ2n) is 5.55. The van der Waals surface area contributed by atoms with Gasteiger partial charge in [-0.3, -0.25) is 4.90 Å². The van der Waals surface area contributed by atoms with Crippen molar-refractivity contribution < 1.29 is 0 Å². The van der Waals surface area contributed by atoms with Crippen LogP contribution in [0.2, 0.25) is 0 Å². The first kappa shape index (κ1) is 12.7. The van der Waals surface area contributed by atoms with Crippen LogP contribution in [-0.4, -0.2) is 47.1 Å². The first-order valence-electron chi connectivity index (χ1n) is 7.38. The van der Waals surface area contributed by atoms with Crippen molar-refractivity contribution in [3.63, 3.8) is 0 Å². The Labute approximate surface area is 114 Å². The fraction of sp³-hybridized carbons (Fsp3) is 0.714. The number of hydrogen-bond acceptors (Lipinski definition) is 5. The molecular weight excluding hydrogens is 238 g/mol. The Morgan fingerprint density at radius 1 is 1.26 bits per heavy atom. The van der Waals surface area contributed by atoms with Crippen LogP contribution < -0.4 is 10.6 Å². The summed E-state index contributed by atoms with van der Waals surface area (Å²) in [4.78, 5) is 13.7. The van der Waals surface area contributed by atoms with E-state index in [1.165, 1.54) is 32.4 Å². The molecule has 2 fully saturated rings. The Hall–Kier alpha value is -1.36. The summed E-state index contributed by atoms with van der Waals surface area (Å²) >= 11 is 0. The summed E-state index contributed by atoms with van der Waals surface area (Å²) in [5.74, 6) is 1.70. The van der Waals surface area contributed by atoms with Crippen LogP contribution in [0.1, 0.15) is 31.7 Å². The van der Waals surface area contributed by atoms with Crippen molar-refractivity contribution in [3.05, 3.63) is 11.9 Å². The highest BCUT2D eigenvalue weighted by Crippen LogP contribution is 2.27. The normalized spacial score (nSPS) is 24.3. The molecular formula is C14H23N5. The van der Waals surface area contributed by atoms with Gasteiger partial charge in [-0.2, -0.15) is 0 Å². The molecule has 0 radical (unpaired) electrons. The largest absolute Gasteiger partial charge is 0.383 e. The number of nitrogens with zero attached hydrogens (tertiary/aromatic N) is 4. The molecule has 2 N–H and O–H groups in total. The third kappa shape index (κ3) is 2.39. The summed E-state index contributed by atoms with van der Waals surface area (Å²) in [6.07, 6.45) is 6.36. The molecule has 2 saturated heterocycles. The lowest BCUT2D eigenvalue weighted by molar-refractivity contribution is 0.273.